The van der Waals surface area contributed by atoms with E-state index >= 15 is 0 Å². The van der Waals surface area contributed by atoms with Gasteiger partial charge in [0.1, 0.15) is 11.9 Å². The number of anilines is 1. The summed E-state index contributed by atoms with van der Waals surface area (Å²) in [5.41, 5.74) is 0.142. The molecule has 3 nitrogen and oxygen atoms in total. The first-order chi connectivity index (χ1) is 9.56. The van der Waals surface area contributed by atoms with Gasteiger partial charge < -0.3 is 10.4 Å². The largest absolute Gasteiger partial charge is 0.388 e. The van der Waals surface area contributed by atoms with Crippen LogP contribution in [0.3, 0.4) is 0 Å². The summed E-state index contributed by atoms with van der Waals surface area (Å²) >= 11 is 0. The van der Waals surface area contributed by atoms with Gasteiger partial charge in [0, 0.05) is 6.54 Å². The minimum absolute atomic E-state index is 0.274. The zero-order valence-electron chi connectivity index (χ0n) is 11.8. The van der Waals surface area contributed by atoms with E-state index in [0.717, 1.165) is 31.6 Å². The SMILES string of the molecule is CCC1CCC(O)(CNc2ccc(F)cc2C#N)CC1. The molecule has 2 N–H and O–H groups in total. The van der Waals surface area contributed by atoms with Crippen LogP contribution in [0.4, 0.5) is 10.1 Å². The Morgan fingerprint density at radius 1 is 1.45 bits per heavy atom. The molecule has 0 amide bonds. The third-order valence-electron chi connectivity index (χ3n) is 4.32. The van der Waals surface area contributed by atoms with Crippen LogP contribution >= 0.6 is 0 Å². The van der Waals surface area contributed by atoms with Crippen LogP contribution < -0.4 is 5.32 Å². The molecular weight excluding hydrogens is 255 g/mol. The van der Waals surface area contributed by atoms with Crippen molar-refractivity contribution in [2.24, 2.45) is 5.92 Å². The van der Waals surface area contributed by atoms with Crippen LogP contribution in [-0.4, -0.2) is 17.3 Å². The van der Waals surface area contributed by atoms with Crippen molar-refractivity contribution in [3.8, 4) is 6.07 Å². The lowest BCUT2D eigenvalue weighted by Crippen LogP contribution is -2.40. The summed E-state index contributed by atoms with van der Waals surface area (Å²) in [6.07, 6.45) is 4.82. The number of benzene rings is 1. The first-order valence-corrected chi connectivity index (χ1v) is 7.22. The molecule has 1 aromatic rings. The summed E-state index contributed by atoms with van der Waals surface area (Å²) in [5.74, 6) is 0.296. The highest BCUT2D eigenvalue weighted by molar-refractivity contribution is 5.57. The molecule has 0 aromatic heterocycles. The molecule has 1 saturated carbocycles. The van der Waals surface area contributed by atoms with Crippen molar-refractivity contribution in [2.75, 3.05) is 11.9 Å². The Morgan fingerprint density at radius 2 is 2.15 bits per heavy atom. The summed E-state index contributed by atoms with van der Waals surface area (Å²) in [7, 11) is 0. The topological polar surface area (TPSA) is 56.0 Å². The number of aliphatic hydroxyl groups is 1. The summed E-state index contributed by atoms with van der Waals surface area (Å²) in [5, 5.41) is 22.6. The molecule has 20 heavy (non-hydrogen) atoms. The Balaban J connectivity index is 1.97. The smallest absolute Gasteiger partial charge is 0.124 e. The fourth-order valence-corrected chi connectivity index (χ4v) is 2.82. The van der Waals surface area contributed by atoms with Crippen LogP contribution in [-0.2, 0) is 0 Å². The second kappa shape index (κ2) is 6.23. The molecule has 2 rings (SSSR count). The maximum Gasteiger partial charge on any atom is 0.124 e. The van der Waals surface area contributed by atoms with E-state index in [-0.39, 0.29) is 5.56 Å². The molecule has 0 spiro atoms. The minimum Gasteiger partial charge on any atom is -0.388 e. The van der Waals surface area contributed by atoms with E-state index in [1.807, 2.05) is 6.07 Å². The van der Waals surface area contributed by atoms with Crippen LogP contribution in [0.2, 0.25) is 0 Å². The molecule has 0 atom stereocenters. The summed E-state index contributed by atoms with van der Waals surface area (Å²) < 4.78 is 13.1. The molecule has 1 aliphatic rings. The van der Waals surface area contributed by atoms with Gasteiger partial charge in [-0.05, 0) is 49.8 Å². The molecule has 0 saturated heterocycles. The maximum atomic E-state index is 13.1. The molecule has 0 bridgehead atoms. The molecule has 4 heteroatoms. The molecule has 1 fully saturated rings. The third-order valence-corrected chi connectivity index (χ3v) is 4.32. The maximum absolute atomic E-state index is 13.1. The van der Waals surface area contributed by atoms with E-state index in [4.69, 9.17) is 5.26 Å². The highest BCUT2D eigenvalue weighted by Crippen LogP contribution is 2.34. The fourth-order valence-electron chi connectivity index (χ4n) is 2.82. The van der Waals surface area contributed by atoms with E-state index in [0.29, 0.717) is 12.2 Å². The van der Waals surface area contributed by atoms with E-state index in [1.165, 1.54) is 18.6 Å². The van der Waals surface area contributed by atoms with E-state index in [1.54, 1.807) is 6.07 Å². The third kappa shape index (κ3) is 3.49. The lowest BCUT2D eigenvalue weighted by molar-refractivity contribution is 0.00229. The molecule has 1 aliphatic carbocycles. The van der Waals surface area contributed by atoms with E-state index in [2.05, 4.69) is 12.2 Å². The van der Waals surface area contributed by atoms with Gasteiger partial charge >= 0.3 is 0 Å². The Labute approximate surface area is 119 Å². The predicted molar refractivity (Wildman–Crippen MR) is 76.8 cm³/mol. The molecule has 0 heterocycles. The number of hydrogen-bond donors (Lipinski definition) is 2. The van der Waals surface area contributed by atoms with Crippen molar-refractivity contribution in [3.05, 3.63) is 29.6 Å². The first kappa shape index (κ1) is 14.8. The number of nitrogens with one attached hydrogen (secondary N) is 1. The van der Waals surface area contributed by atoms with Crippen molar-refractivity contribution in [3.63, 3.8) is 0 Å². The second-order valence-corrected chi connectivity index (χ2v) is 5.73. The second-order valence-electron chi connectivity index (χ2n) is 5.73. The normalized spacial score (nSPS) is 26.0. The monoisotopic (exact) mass is 276 g/mol. The highest BCUT2D eigenvalue weighted by Gasteiger charge is 2.32. The number of hydrogen-bond acceptors (Lipinski definition) is 3. The van der Waals surface area contributed by atoms with Gasteiger partial charge in [0.2, 0.25) is 0 Å². The predicted octanol–water partition coefficient (Wildman–Crippen LogP) is 3.44. The zero-order chi connectivity index (χ0) is 14.6. The number of nitriles is 1. The first-order valence-electron chi connectivity index (χ1n) is 7.22. The van der Waals surface area contributed by atoms with E-state index < -0.39 is 11.4 Å². The summed E-state index contributed by atoms with van der Waals surface area (Å²) in [4.78, 5) is 0. The van der Waals surface area contributed by atoms with Gasteiger partial charge in [-0.3, -0.25) is 0 Å². The summed E-state index contributed by atoms with van der Waals surface area (Å²) in [6.45, 7) is 2.59. The highest BCUT2D eigenvalue weighted by atomic mass is 19.1. The minimum atomic E-state index is -0.715. The molecule has 1 aromatic carbocycles. The van der Waals surface area contributed by atoms with Crippen LogP contribution in [0, 0.1) is 23.1 Å². The lowest BCUT2D eigenvalue weighted by Gasteiger charge is -2.36. The van der Waals surface area contributed by atoms with Gasteiger partial charge in [0.25, 0.3) is 0 Å². The number of rotatable bonds is 4. The molecular formula is C16H21FN2O. The average Bonchev–Trinajstić information content (AvgIpc) is 2.46. The Hall–Kier alpha value is -1.60. The standard InChI is InChI=1S/C16H21FN2O/c1-2-12-5-7-16(20,8-6-12)11-19-15-4-3-14(17)9-13(15)10-18/h3-4,9,12,19-20H,2,5-8,11H2,1H3. The number of nitrogens with zero attached hydrogens (tertiary/aromatic N) is 1. The van der Waals surface area contributed by atoms with Crippen LogP contribution in [0.15, 0.2) is 18.2 Å². The van der Waals surface area contributed by atoms with Crippen LogP contribution in [0.5, 0.6) is 0 Å². The van der Waals surface area contributed by atoms with Crippen molar-refractivity contribution < 1.29 is 9.50 Å². The Kier molecular flexibility index (Phi) is 4.61. The summed E-state index contributed by atoms with van der Waals surface area (Å²) in [6, 6.07) is 6.05. The Morgan fingerprint density at radius 3 is 2.75 bits per heavy atom. The van der Waals surface area contributed by atoms with Crippen LogP contribution in [0.25, 0.3) is 0 Å². The fraction of sp³-hybridized carbons (Fsp3) is 0.562. The van der Waals surface area contributed by atoms with Gasteiger partial charge in [-0.15, -0.1) is 0 Å². The lowest BCUT2D eigenvalue weighted by atomic mass is 9.78. The van der Waals surface area contributed by atoms with Crippen molar-refractivity contribution in [2.45, 2.75) is 44.6 Å². The van der Waals surface area contributed by atoms with Crippen molar-refractivity contribution in [1.29, 1.82) is 5.26 Å². The van der Waals surface area contributed by atoms with Gasteiger partial charge in [-0.25, -0.2) is 4.39 Å². The zero-order valence-corrected chi connectivity index (χ0v) is 11.8. The molecule has 0 radical (unpaired) electrons. The quantitative estimate of drug-likeness (QED) is 0.885. The Bertz CT molecular complexity index is 502. The van der Waals surface area contributed by atoms with Gasteiger partial charge in [0.05, 0.1) is 16.9 Å². The molecule has 0 unspecified atom stereocenters. The molecule has 108 valence electrons. The van der Waals surface area contributed by atoms with Crippen molar-refractivity contribution in [1.82, 2.24) is 0 Å². The van der Waals surface area contributed by atoms with Gasteiger partial charge in [-0.1, -0.05) is 13.3 Å². The van der Waals surface area contributed by atoms with Crippen LogP contribution in [0.1, 0.15) is 44.6 Å². The van der Waals surface area contributed by atoms with Gasteiger partial charge in [0.15, 0.2) is 0 Å². The van der Waals surface area contributed by atoms with E-state index in [9.17, 15) is 9.50 Å². The van der Waals surface area contributed by atoms with Crippen molar-refractivity contribution >= 4 is 5.69 Å². The average molecular weight is 276 g/mol. The number of halogens is 1. The van der Waals surface area contributed by atoms with Gasteiger partial charge in [-0.2, -0.15) is 5.26 Å². The molecule has 0 aliphatic heterocycles.